The minimum Gasteiger partial charge on any atom is -0.460 e. The predicted molar refractivity (Wildman–Crippen MR) is 218 cm³/mol. The molecule has 50 heavy (non-hydrogen) atoms. The number of rotatable bonds is 36. The van der Waals surface area contributed by atoms with E-state index in [9.17, 15) is 14.4 Å². The van der Waals surface area contributed by atoms with Gasteiger partial charge < -0.3 is 4.74 Å². The molecule has 0 amide bonds. The van der Waals surface area contributed by atoms with Crippen LogP contribution in [-0.4, -0.2) is 23.2 Å². The van der Waals surface area contributed by atoms with Gasteiger partial charge in [-0.3, -0.25) is 14.4 Å². The van der Waals surface area contributed by atoms with E-state index < -0.39 is 17.0 Å². The Morgan fingerprint density at radius 2 is 0.860 bits per heavy atom. The highest BCUT2D eigenvalue weighted by molar-refractivity contribution is 7.18. The maximum absolute atomic E-state index is 14.2. The molecular formula is C45H79O4P. The lowest BCUT2D eigenvalue weighted by Gasteiger charge is -2.34. The Morgan fingerprint density at radius 1 is 0.520 bits per heavy atom. The molecule has 0 saturated heterocycles. The fourth-order valence-corrected chi connectivity index (χ4v) is 8.15. The Hall–Kier alpha value is -1.54. The molecule has 0 aliphatic heterocycles. The molecule has 0 radical (unpaired) electrons. The monoisotopic (exact) mass is 715 g/mol. The number of ketones is 2. The van der Waals surface area contributed by atoms with Crippen LogP contribution in [-0.2, 0) is 25.7 Å². The molecular weight excluding hydrogens is 635 g/mol. The Labute approximate surface area is 312 Å². The minimum absolute atomic E-state index is 0.0724. The van der Waals surface area contributed by atoms with Crippen molar-refractivity contribution < 1.29 is 19.1 Å². The zero-order valence-electron chi connectivity index (χ0n) is 33.1. The van der Waals surface area contributed by atoms with Crippen molar-refractivity contribution in [1.29, 1.82) is 0 Å². The van der Waals surface area contributed by atoms with Gasteiger partial charge in [0.2, 0.25) is 0 Å². The summed E-state index contributed by atoms with van der Waals surface area (Å²) in [7, 11) is 2.72. The van der Waals surface area contributed by atoms with Gasteiger partial charge in [-0.05, 0) is 24.8 Å². The lowest BCUT2D eigenvalue weighted by molar-refractivity contribution is -0.166. The molecule has 0 fully saturated rings. The van der Waals surface area contributed by atoms with Gasteiger partial charge in [-0.2, -0.15) is 0 Å². The number of carbonyl (C=O) groups is 3. The Morgan fingerprint density at radius 3 is 1.20 bits per heavy atom. The molecule has 2 atom stereocenters. The van der Waals surface area contributed by atoms with Crippen molar-refractivity contribution in [3.63, 3.8) is 0 Å². The fourth-order valence-electron chi connectivity index (χ4n) is 7.31. The summed E-state index contributed by atoms with van der Waals surface area (Å²) in [6.07, 6.45) is 33.9. The maximum Gasteiger partial charge on any atom is 0.328 e. The summed E-state index contributed by atoms with van der Waals surface area (Å²) in [5, 5.41) is 0. The van der Waals surface area contributed by atoms with Crippen molar-refractivity contribution in [2.45, 2.75) is 226 Å². The van der Waals surface area contributed by atoms with E-state index in [1.807, 2.05) is 37.3 Å². The first-order valence-electron chi connectivity index (χ1n) is 21.5. The van der Waals surface area contributed by atoms with Crippen molar-refractivity contribution in [2.24, 2.45) is 5.41 Å². The predicted octanol–water partition coefficient (Wildman–Crippen LogP) is 13.9. The van der Waals surface area contributed by atoms with Crippen molar-refractivity contribution in [3.8, 4) is 0 Å². The van der Waals surface area contributed by atoms with Crippen LogP contribution in [0.25, 0.3) is 0 Å². The van der Waals surface area contributed by atoms with Crippen LogP contribution in [0.4, 0.5) is 0 Å². The lowest BCUT2D eigenvalue weighted by atomic mass is 9.71. The zero-order valence-corrected chi connectivity index (χ0v) is 34.2. The van der Waals surface area contributed by atoms with Crippen LogP contribution < -0.4 is 0 Å². The lowest BCUT2D eigenvalue weighted by Crippen LogP contribution is -2.53. The summed E-state index contributed by atoms with van der Waals surface area (Å²) >= 11 is 0. The summed E-state index contributed by atoms with van der Waals surface area (Å²) in [5.41, 5.74) is -1.33. The third-order valence-electron chi connectivity index (χ3n) is 10.6. The minimum atomic E-state index is -1.73. The SMILES string of the molecule is CCCCCCCCCCCCCCCC(=O)C(C(=O)CCCCCCCCCCCCCCC)(C(=O)OCc1ccccc1)C(P)CCC. The van der Waals surface area contributed by atoms with E-state index >= 15 is 0 Å². The largest absolute Gasteiger partial charge is 0.460 e. The molecule has 0 spiro atoms. The molecule has 0 heterocycles. The molecule has 4 nitrogen and oxygen atoms in total. The topological polar surface area (TPSA) is 60.4 Å². The van der Waals surface area contributed by atoms with Crippen LogP contribution in [0.3, 0.4) is 0 Å². The highest BCUT2D eigenvalue weighted by Gasteiger charge is 2.56. The van der Waals surface area contributed by atoms with Gasteiger partial charge in [-0.1, -0.05) is 212 Å². The van der Waals surface area contributed by atoms with E-state index in [-0.39, 0.29) is 31.0 Å². The summed E-state index contributed by atoms with van der Waals surface area (Å²) in [6, 6.07) is 9.55. The highest BCUT2D eigenvalue weighted by Crippen LogP contribution is 2.39. The van der Waals surface area contributed by atoms with Gasteiger partial charge in [-0.25, -0.2) is 0 Å². The second-order valence-corrected chi connectivity index (χ2v) is 15.9. The quantitative estimate of drug-likeness (QED) is 0.0300. The average Bonchev–Trinajstić information content (AvgIpc) is 3.12. The van der Waals surface area contributed by atoms with E-state index in [4.69, 9.17) is 4.74 Å². The van der Waals surface area contributed by atoms with Crippen LogP contribution in [0, 0.1) is 5.41 Å². The van der Waals surface area contributed by atoms with Crippen LogP contribution in [0.15, 0.2) is 30.3 Å². The molecule has 0 saturated carbocycles. The number of hydrogen-bond acceptors (Lipinski definition) is 4. The molecule has 0 N–H and O–H groups in total. The third kappa shape index (κ3) is 20.5. The molecule has 0 bridgehead atoms. The normalized spacial score (nSPS) is 12.2. The molecule has 0 aliphatic carbocycles. The van der Waals surface area contributed by atoms with Crippen molar-refractivity contribution in [1.82, 2.24) is 0 Å². The second kappa shape index (κ2) is 32.1. The first kappa shape index (κ1) is 46.5. The maximum atomic E-state index is 14.2. The summed E-state index contributed by atoms with van der Waals surface area (Å²) in [4.78, 5) is 42.4. The van der Waals surface area contributed by atoms with Crippen LogP contribution in [0.1, 0.15) is 219 Å². The number of benzene rings is 1. The molecule has 0 aromatic heterocycles. The highest BCUT2D eigenvalue weighted by atomic mass is 31.0. The van der Waals surface area contributed by atoms with E-state index in [0.717, 1.165) is 50.5 Å². The third-order valence-corrected chi connectivity index (χ3v) is 11.4. The van der Waals surface area contributed by atoms with E-state index in [1.54, 1.807) is 0 Å². The molecule has 1 rings (SSSR count). The second-order valence-electron chi connectivity index (χ2n) is 15.1. The molecule has 1 aromatic rings. The van der Waals surface area contributed by atoms with Gasteiger partial charge in [0.15, 0.2) is 17.0 Å². The van der Waals surface area contributed by atoms with E-state index in [0.29, 0.717) is 6.42 Å². The van der Waals surface area contributed by atoms with Crippen LogP contribution >= 0.6 is 9.24 Å². The van der Waals surface area contributed by atoms with Crippen molar-refractivity contribution in [3.05, 3.63) is 35.9 Å². The van der Waals surface area contributed by atoms with Crippen molar-refractivity contribution in [2.75, 3.05) is 0 Å². The summed E-state index contributed by atoms with van der Waals surface area (Å²) < 4.78 is 5.85. The number of ether oxygens (including phenoxy) is 1. The number of esters is 1. The molecule has 2 unspecified atom stereocenters. The number of carbonyl (C=O) groups excluding carboxylic acids is 3. The van der Waals surface area contributed by atoms with Crippen LogP contribution in [0.2, 0.25) is 0 Å². The van der Waals surface area contributed by atoms with Gasteiger partial charge in [-0.15, -0.1) is 9.24 Å². The van der Waals surface area contributed by atoms with Crippen LogP contribution in [0.5, 0.6) is 0 Å². The first-order chi connectivity index (χ1) is 24.4. The van der Waals surface area contributed by atoms with Gasteiger partial charge in [0, 0.05) is 18.5 Å². The number of Topliss-reactive ketones (excluding diaryl/α,β-unsaturated/α-hetero) is 2. The number of hydrogen-bond donors (Lipinski definition) is 0. The van der Waals surface area contributed by atoms with Gasteiger partial charge in [0.1, 0.15) is 6.61 Å². The van der Waals surface area contributed by atoms with Gasteiger partial charge in [0.05, 0.1) is 0 Å². The molecule has 1 aromatic carbocycles. The molecule has 5 heteroatoms. The Bertz CT molecular complexity index is 919. The van der Waals surface area contributed by atoms with Gasteiger partial charge >= 0.3 is 5.97 Å². The first-order valence-corrected chi connectivity index (χ1v) is 22.1. The smallest absolute Gasteiger partial charge is 0.328 e. The zero-order chi connectivity index (χ0) is 36.5. The average molecular weight is 715 g/mol. The summed E-state index contributed by atoms with van der Waals surface area (Å²) in [6.45, 7) is 6.65. The van der Waals surface area contributed by atoms with E-state index in [2.05, 4.69) is 23.1 Å². The van der Waals surface area contributed by atoms with Gasteiger partial charge in [0.25, 0.3) is 0 Å². The molecule has 288 valence electrons. The summed E-state index contributed by atoms with van der Waals surface area (Å²) in [5.74, 6) is -1.10. The van der Waals surface area contributed by atoms with E-state index in [1.165, 1.54) is 128 Å². The molecule has 0 aliphatic rings. The number of unbranched alkanes of at least 4 members (excludes halogenated alkanes) is 24. The Kier molecular flexibility index (Phi) is 29.9. The Balaban J connectivity index is 2.67. The fraction of sp³-hybridized carbons (Fsp3) is 0.800. The van der Waals surface area contributed by atoms with Crippen molar-refractivity contribution >= 4 is 26.8 Å². The standard InChI is InChI=1S/C45H79O4P/c1-4-7-9-11-13-15-17-19-21-23-25-27-32-37-41(46)45(43(50)34-6-3,44(48)49-39-40-35-30-29-31-36-40)42(47)38-33-28-26-24-22-20-18-16-14-12-10-8-5-2/h29-31,35-36,43H,4-28,32-34,37-39,50H2,1-3H3.